The van der Waals surface area contributed by atoms with Crippen molar-refractivity contribution in [3.63, 3.8) is 0 Å². The SMILES string of the molecule is COc1[c]c(OC)cc(C(C)(C)O)c1. The zero-order chi connectivity index (χ0) is 10.8. The standard InChI is InChI=1S/C11H15O3/c1-11(2,12)8-5-9(13-3)7-10(6-8)14-4/h5-6,12H,1-4H3. The summed E-state index contributed by atoms with van der Waals surface area (Å²) in [4.78, 5) is 0. The second kappa shape index (κ2) is 3.88. The summed E-state index contributed by atoms with van der Waals surface area (Å²) in [7, 11) is 3.11. The minimum Gasteiger partial charge on any atom is -0.496 e. The highest BCUT2D eigenvalue weighted by molar-refractivity contribution is 5.39. The van der Waals surface area contributed by atoms with Gasteiger partial charge >= 0.3 is 0 Å². The van der Waals surface area contributed by atoms with Crippen LogP contribution in [0, 0.1) is 6.07 Å². The first kappa shape index (κ1) is 10.9. The van der Waals surface area contributed by atoms with Gasteiger partial charge in [-0.15, -0.1) is 0 Å². The maximum atomic E-state index is 9.80. The van der Waals surface area contributed by atoms with Crippen LogP contribution in [-0.2, 0) is 5.60 Å². The molecule has 0 fully saturated rings. The molecule has 3 nitrogen and oxygen atoms in total. The summed E-state index contributed by atoms with van der Waals surface area (Å²) in [5.74, 6) is 1.11. The Balaban J connectivity index is 3.17. The average Bonchev–Trinajstić information content (AvgIpc) is 2.15. The summed E-state index contributed by atoms with van der Waals surface area (Å²) >= 11 is 0. The molecule has 0 saturated carbocycles. The van der Waals surface area contributed by atoms with E-state index in [1.54, 1.807) is 40.2 Å². The van der Waals surface area contributed by atoms with Gasteiger partial charge in [0.15, 0.2) is 0 Å². The van der Waals surface area contributed by atoms with Crippen molar-refractivity contribution < 1.29 is 14.6 Å². The molecule has 1 aromatic rings. The Morgan fingerprint density at radius 1 is 1.14 bits per heavy atom. The summed E-state index contributed by atoms with van der Waals surface area (Å²) in [5, 5.41) is 9.80. The number of methoxy groups -OCH3 is 2. The molecule has 0 bridgehead atoms. The Morgan fingerprint density at radius 3 is 1.86 bits per heavy atom. The average molecular weight is 195 g/mol. The number of benzene rings is 1. The molecule has 1 aromatic carbocycles. The first-order chi connectivity index (χ1) is 6.47. The molecule has 0 heterocycles. The largest absolute Gasteiger partial charge is 0.496 e. The molecule has 0 saturated heterocycles. The van der Waals surface area contributed by atoms with Gasteiger partial charge in [-0.3, -0.25) is 0 Å². The predicted molar refractivity (Wildman–Crippen MR) is 53.6 cm³/mol. The van der Waals surface area contributed by atoms with Crippen LogP contribution in [-0.4, -0.2) is 19.3 Å². The molecule has 1 N–H and O–H groups in total. The van der Waals surface area contributed by atoms with E-state index in [1.807, 2.05) is 0 Å². The summed E-state index contributed by atoms with van der Waals surface area (Å²) in [6, 6.07) is 6.38. The molecule has 0 atom stereocenters. The van der Waals surface area contributed by atoms with E-state index in [1.165, 1.54) is 0 Å². The molecule has 0 amide bonds. The Morgan fingerprint density at radius 2 is 1.57 bits per heavy atom. The van der Waals surface area contributed by atoms with Crippen LogP contribution < -0.4 is 9.47 Å². The Kier molecular flexibility index (Phi) is 3.01. The Bertz CT molecular complexity index is 291. The lowest BCUT2D eigenvalue weighted by Crippen LogP contribution is -2.15. The lowest BCUT2D eigenvalue weighted by Gasteiger charge is -2.19. The van der Waals surface area contributed by atoms with Crippen molar-refractivity contribution in [3.8, 4) is 11.5 Å². The summed E-state index contributed by atoms with van der Waals surface area (Å²) in [6.45, 7) is 3.42. The second-order valence-corrected chi connectivity index (χ2v) is 3.56. The molecule has 0 aliphatic heterocycles. The van der Waals surface area contributed by atoms with E-state index >= 15 is 0 Å². The van der Waals surface area contributed by atoms with Crippen LogP contribution in [0.1, 0.15) is 19.4 Å². The van der Waals surface area contributed by atoms with E-state index in [-0.39, 0.29) is 0 Å². The fourth-order valence-corrected chi connectivity index (χ4v) is 1.09. The zero-order valence-corrected chi connectivity index (χ0v) is 8.92. The van der Waals surface area contributed by atoms with Crippen LogP contribution in [0.25, 0.3) is 0 Å². The maximum Gasteiger partial charge on any atom is 0.131 e. The van der Waals surface area contributed by atoms with Gasteiger partial charge in [0, 0.05) is 0 Å². The Labute approximate surface area is 84.3 Å². The lowest BCUT2D eigenvalue weighted by molar-refractivity contribution is 0.0780. The van der Waals surface area contributed by atoms with Crippen molar-refractivity contribution in [2.75, 3.05) is 14.2 Å². The van der Waals surface area contributed by atoms with Crippen molar-refractivity contribution in [2.45, 2.75) is 19.4 Å². The van der Waals surface area contributed by atoms with Crippen molar-refractivity contribution >= 4 is 0 Å². The lowest BCUT2D eigenvalue weighted by atomic mass is 9.98. The fourth-order valence-electron chi connectivity index (χ4n) is 1.09. The van der Waals surface area contributed by atoms with E-state index in [0.717, 1.165) is 5.56 Å². The molecule has 77 valence electrons. The van der Waals surface area contributed by atoms with Crippen LogP contribution >= 0.6 is 0 Å². The summed E-state index contributed by atoms with van der Waals surface area (Å²) in [6.07, 6.45) is 0. The van der Waals surface area contributed by atoms with Crippen LogP contribution in [0.2, 0.25) is 0 Å². The second-order valence-electron chi connectivity index (χ2n) is 3.56. The highest BCUT2D eigenvalue weighted by Gasteiger charge is 2.18. The molecular formula is C11H15O3. The minimum atomic E-state index is -0.907. The minimum absolute atomic E-state index is 0.557. The molecule has 0 unspecified atom stereocenters. The van der Waals surface area contributed by atoms with E-state index in [4.69, 9.17) is 9.47 Å². The van der Waals surface area contributed by atoms with Gasteiger partial charge < -0.3 is 14.6 Å². The van der Waals surface area contributed by atoms with E-state index < -0.39 is 5.60 Å². The number of hydrogen-bond acceptors (Lipinski definition) is 3. The fraction of sp³-hybridized carbons (Fsp3) is 0.455. The van der Waals surface area contributed by atoms with E-state index in [0.29, 0.717) is 11.5 Å². The van der Waals surface area contributed by atoms with Gasteiger partial charge in [0.2, 0.25) is 0 Å². The quantitative estimate of drug-likeness (QED) is 0.798. The summed E-state index contributed by atoms with van der Waals surface area (Å²) < 4.78 is 10.1. The topological polar surface area (TPSA) is 38.7 Å². The van der Waals surface area contributed by atoms with Crippen LogP contribution in [0.3, 0.4) is 0 Å². The molecule has 0 aromatic heterocycles. The van der Waals surface area contributed by atoms with Crippen molar-refractivity contribution in [2.24, 2.45) is 0 Å². The molecule has 14 heavy (non-hydrogen) atoms. The third kappa shape index (κ3) is 2.39. The number of aliphatic hydroxyl groups is 1. The molecule has 3 heteroatoms. The number of hydrogen-bond donors (Lipinski definition) is 1. The molecule has 0 spiro atoms. The monoisotopic (exact) mass is 195 g/mol. The highest BCUT2D eigenvalue weighted by Crippen LogP contribution is 2.28. The molecule has 1 radical (unpaired) electrons. The van der Waals surface area contributed by atoms with Gasteiger partial charge in [-0.2, -0.15) is 0 Å². The van der Waals surface area contributed by atoms with Crippen molar-refractivity contribution in [1.29, 1.82) is 0 Å². The van der Waals surface area contributed by atoms with Gasteiger partial charge in [0.05, 0.1) is 25.9 Å². The molecule has 1 rings (SSSR count). The predicted octanol–water partition coefficient (Wildman–Crippen LogP) is 1.73. The van der Waals surface area contributed by atoms with Gasteiger partial charge in [-0.1, -0.05) is 0 Å². The van der Waals surface area contributed by atoms with Gasteiger partial charge in [-0.25, -0.2) is 0 Å². The van der Waals surface area contributed by atoms with Gasteiger partial charge in [0.25, 0.3) is 0 Å². The van der Waals surface area contributed by atoms with Crippen molar-refractivity contribution in [1.82, 2.24) is 0 Å². The molecular weight excluding hydrogens is 180 g/mol. The number of rotatable bonds is 3. The first-order valence-electron chi connectivity index (χ1n) is 4.35. The molecule has 0 aliphatic carbocycles. The third-order valence-electron chi connectivity index (χ3n) is 1.97. The van der Waals surface area contributed by atoms with Crippen LogP contribution in [0.5, 0.6) is 11.5 Å². The number of ether oxygens (including phenoxy) is 2. The van der Waals surface area contributed by atoms with E-state index in [9.17, 15) is 5.11 Å². The summed E-state index contributed by atoms with van der Waals surface area (Å²) in [5.41, 5.74) is -0.166. The van der Waals surface area contributed by atoms with Crippen LogP contribution in [0.4, 0.5) is 0 Å². The zero-order valence-electron chi connectivity index (χ0n) is 8.92. The normalized spacial score (nSPS) is 11.2. The Hall–Kier alpha value is -1.22. The third-order valence-corrected chi connectivity index (χ3v) is 1.97. The van der Waals surface area contributed by atoms with Gasteiger partial charge in [-0.05, 0) is 31.5 Å². The van der Waals surface area contributed by atoms with E-state index in [2.05, 4.69) is 6.07 Å². The van der Waals surface area contributed by atoms with Gasteiger partial charge in [0.1, 0.15) is 11.5 Å². The van der Waals surface area contributed by atoms with Crippen LogP contribution in [0.15, 0.2) is 12.1 Å². The maximum absolute atomic E-state index is 9.80. The van der Waals surface area contributed by atoms with Crippen molar-refractivity contribution in [3.05, 3.63) is 23.8 Å². The first-order valence-corrected chi connectivity index (χ1v) is 4.35. The molecule has 0 aliphatic rings. The smallest absolute Gasteiger partial charge is 0.131 e. The highest BCUT2D eigenvalue weighted by atomic mass is 16.5.